The van der Waals surface area contributed by atoms with Crippen LogP contribution < -0.4 is 0 Å². The zero-order valence-corrected chi connectivity index (χ0v) is 21.8. The summed E-state index contributed by atoms with van der Waals surface area (Å²) in [5.74, 6) is 2.93. The van der Waals surface area contributed by atoms with Crippen molar-refractivity contribution >= 4 is 5.78 Å². The van der Waals surface area contributed by atoms with Crippen LogP contribution in [-0.4, -0.2) is 60.5 Å². The van der Waals surface area contributed by atoms with E-state index in [4.69, 9.17) is 9.47 Å². The van der Waals surface area contributed by atoms with E-state index in [1.54, 1.807) is 0 Å². The number of carbonyl (C=O) groups is 1. The Morgan fingerprint density at radius 1 is 1.18 bits per heavy atom. The van der Waals surface area contributed by atoms with Crippen molar-refractivity contribution in [2.75, 3.05) is 14.1 Å². The maximum absolute atomic E-state index is 12.6. The predicted octanol–water partition coefficient (Wildman–Crippen LogP) is 4.97. The summed E-state index contributed by atoms with van der Waals surface area (Å²) in [6.07, 6.45) is 10.6. The summed E-state index contributed by atoms with van der Waals surface area (Å²) >= 11 is 0. The van der Waals surface area contributed by atoms with Crippen LogP contribution in [0.1, 0.15) is 85.5 Å². The van der Waals surface area contributed by atoms with E-state index in [0.29, 0.717) is 29.5 Å². The minimum absolute atomic E-state index is 0.0625. The number of likely N-dealkylation sites (N-methyl/N-ethyl adjacent to an activating group) is 1. The number of ether oxygens (including phenoxy) is 2. The van der Waals surface area contributed by atoms with Crippen LogP contribution in [0.3, 0.4) is 0 Å². The van der Waals surface area contributed by atoms with Gasteiger partial charge in [0.05, 0.1) is 12.2 Å². The molecule has 0 radical (unpaired) electrons. The Morgan fingerprint density at radius 2 is 1.94 bits per heavy atom. The van der Waals surface area contributed by atoms with Crippen LogP contribution in [0.25, 0.3) is 0 Å². The number of hydrogen-bond acceptors (Lipinski definition) is 5. The molecule has 3 saturated carbocycles. The lowest BCUT2D eigenvalue weighted by Crippen LogP contribution is -2.55. The highest BCUT2D eigenvalue weighted by atomic mass is 16.7. The second-order valence-electron chi connectivity index (χ2n) is 12.2. The molecule has 188 valence electrons. The van der Waals surface area contributed by atoms with Crippen molar-refractivity contribution in [2.45, 2.75) is 116 Å². The molecule has 0 bridgehead atoms. The number of aliphatic hydroxyl groups is 1. The molecule has 4 fully saturated rings. The lowest BCUT2D eigenvalue weighted by Gasteiger charge is -2.44. The summed E-state index contributed by atoms with van der Waals surface area (Å²) in [5, 5.41) is 10.9. The molecule has 33 heavy (non-hydrogen) atoms. The summed E-state index contributed by atoms with van der Waals surface area (Å²) in [6, 6.07) is 0.0625. The average molecular weight is 462 g/mol. The average Bonchev–Trinajstić information content (AvgIpc) is 3.06. The largest absolute Gasteiger partial charge is 0.386 e. The first-order chi connectivity index (χ1) is 15.6. The van der Waals surface area contributed by atoms with Crippen LogP contribution in [0.15, 0.2) is 11.6 Å². The fourth-order valence-corrected chi connectivity index (χ4v) is 7.36. The molecule has 0 spiro atoms. The SMILES string of the molecule is CC1CC(N(C)C)C(O)C(OC2CCC(C)C(=CCC3C(C)CCC4(C)C(=O)CCC34)C2)O1. The fourth-order valence-electron chi connectivity index (χ4n) is 7.36. The van der Waals surface area contributed by atoms with E-state index in [1.165, 1.54) is 12.0 Å². The Balaban J connectivity index is 1.41. The molecule has 5 nitrogen and oxygen atoms in total. The molecule has 10 unspecified atom stereocenters. The number of allylic oxidation sites excluding steroid dienone is 1. The molecule has 1 saturated heterocycles. The van der Waals surface area contributed by atoms with Crippen molar-refractivity contribution in [3.05, 3.63) is 11.6 Å². The molecule has 1 heterocycles. The van der Waals surface area contributed by atoms with Crippen LogP contribution in [0.2, 0.25) is 0 Å². The zero-order valence-electron chi connectivity index (χ0n) is 21.8. The monoisotopic (exact) mass is 461 g/mol. The quantitative estimate of drug-likeness (QED) is 0.586. The number of rotatable bonds is 5. The maximum atomic E-state index is 12.6. The van der Waals surface area contributed by atoms with Gasteiger partial charge in [0, 0.05) is 17.9 Å². The summed E-state index contributed by atoms with van der Waals surface area (Å²) in [4.78, 5) is 14.7. The third-order valence-electron chi connectivity index (χ3n) is 9.78. The number of Topliss-reactive ketones (excluding diaryl/α,β-unsaturated/α-hetero) is 1. The van der Waals surface area contributed by atoms with Gasteiger partial charge in [-0.2, -0.15) is 0 Å². The highest BCUT2D eigenvalue weighted by Gasteiger charge is 2.52. The lowest BCUT2D eigenvalue weighted by atomic mass is 9.59. The van der Waals surface area contributed by atoms with E-state index in [9.17, 15) is 9.90 Å². The highest BCUT2D eigenvalue weighted by Crippen LogP contribution is 2.55. The van der Waals surface area contributed by atoms with E-state index in [0.717, 1.165) is 51.4 Å². The molecule has 3 aliphatic carbocycles. The first kappa shape index (κ1) is 25.3. The van der Waals surface area contributed by atoms with Crippen LogP contribution in [0.4, 0.5) is 0 Å². The van der Waals surface area contributed by atoms with Crippen molar-refractivity contribution < 1.29 is 19.4 Å². The second kappa shape index (κ2) is 10.1. The van der Waals surface area contributed by atoms with Crippen molar-refractivity contribution in [1.29, 1.82) is 0 Å². The second-order valence-corrected chi connectivity index (χ2v) is 12.2. The van der Waals surface area contributed by atoms with Gasteiger partial charge in [-0.25, -0.2) is 0 Å². The van der Waals surface area contributed by atoms with Crippen molar-refractivity contribution in [2.24, 2.45) is 29.1 Å². The molecule has 5 heteroatoms. The zero-order chi connectivity index (χ0) is 23.9. The van der Waals surface area contributed by atoms with Gasteiger partial charge < -0.3 is 19.5 Å². The van der Waals surface area contributed by atoms with Gasteiger partial charge in [-0.05, 0) is 96.1 Å². The Labute approximate surface area is 201 Å². The molecule has 4 rings (SSSR count). The molecule has 0 aromatic carbocycles. The summed E-state index contributed by atoms with van der Waals surface area (Å²) in [7, 11) is 4.03. The van der Waals surface area contributed by atoms with Crippen molar-refractivity contribution in [1.82, 2.24) is 4.90 Å². The minimum Gasteiger partial charge on any atom is -0.386 e. The van der Waals surface area contributed by atoms with Gasteiger partial charge in [0.15, 0.2) is 6.29 Å². The van der Waals surface area contributed by atoms with Gasteiger partial charge in [-0.1, -0.05) is 32.4 Å². The highest BCUT2D eigenvalue weighted by molar-refractivity contribution is 5.87. The lowest BCUT2D eigenvalue weighted by molar-refractivity contribution is -0.269. The van der Waals surface area contributed by atoms with Gasteiger partial charge in [-0.3, -0.25) is 4.79 Å². The number of ketones is 1. The molecule has 10 atom stereocenters. The smallest absolute Gasteiger partial charge is 0.185 e. The minimum atomic E-state index is -0.622. The number of aliphatic hydroxyl groups excluding tert-OH is 1. The van der Waals surface area contributed by atoms with E-state index in [2.05, 4.69) is 38.7 Å². The van der Waals surface area contributed by atoms with Gasteiger partial charge in [0.25, 0.3) is 0 Å². The standard InChI is InChI=1S/C28H47NO4/c1-17-7-9-21(33-27-26(31)24(29(5)6)15-19(3)32-27)16-20(17)8-10-22-18(2)13-14-28(4)23(22)11-12-25(28)30/h8,17-19,21-24,26-27,31H,7,9-16H2,1-6H3. The maximum Gasteiger partial charge on any atom is 0.185 e. The molecule has 0 aromatic heterocycles. The molecule has 1 N–H and O–H groups in total. The third-order valence-corrected chi connectivity index (χ3v) is 9.78. The van der Waals surface area contributed by atoms with Gasteiger partial charge in [-0.15, -0.1) is 0 Å². The number of hydrogen-bond donors (Lipinski definition) is 1. The fraction of sp³-hybridized carbons (Fsp3) is 0.893. The van der Waals surface area contributed by atoms with Crippen LogP contribution in [0, 0.1) is 29.1 Å². The van der Waals surface area contributed by atoms with E-state index in [1.807, 2.05) is 14.1 Å². The van der Waals surface area contributed by atoms with Crippen LogP contribution in [0.5, 0.6) is 0 Å². The molecule has 0 amide bonds. The Kier molecular flexibility index (Phi) is 7.75. The summed E-state index contributed by atoms with van der Waals surface area (Å²) < 4.78 is 12.4. The predicted molar refractivity (Wildman–Crippen MR) is 131 cm³/mol. The van der Waals surface area contributed by atoms with Crippen molar-refractivity contribution in [3.63, 3.8) is 0 Å². The topological polar surface area (TPSA) is 59.0 Å². The van der Waals surface area contributed by atoms with Gasteiger partial charge in [0.1, 0.15) is 11.9 Å². The van der Waals surface area contributed by atoms with Crippen molar-refractivity contribution in [3.8, 4) is 0 Å². The Morgan fingerprint density at radius 3 is 2.67 bits per heavy atom. The molecular weight excluding hydrogens is 414 g/mol. The first-order valence-electron chi connectivity index (χ1n) is 13.5. The molecule has 0 aromatic rings. The van der Waals surface area contributed by atoms with Crippen LogP contribution in [-0.2, 0) is 14.3 Å². The molecule has 4 aliphatic rings. The van der Waals surface area contributed by atoms with Gasteiger partial charge >= 0.3 is 0 Å². The Bertz CT molecular complexity index is 735. The Hall–Kier alpha value is -0.750. The number of nitrogens with zero attached hydrogens (tertiary/aromatic N) is 1. The van der Waals surface area contributed by atoms with Crippen LogP contribution >= 0.6 is 0 Å². The van der Waals surface area contributed by atoms with Gasteiger partial charge in [0.2, 0.25) is 0 Å². The summed E-state index contributed by atoms with van der Waals surface area (Å²) in [6.45, 7) is 9.04. The van der Waals surface area contributed by atoms with E-state index < -0.39 is 12.4 Å². The third kappa shape index (κ3) is 5.12. The molecular formula is C28H47NO4. The number of fused-ring (bicyclic) bond motifs is 1. The first-order valence-corrected chi connectivity index (χ1v) is 13.5. The van der Waals surface area contributed by atoms with E-state index >= 15 is 0 Å². The normalized spacial score (nSPS) is 47.8. The van der Waals surface area contributed by atoms with E-state index in [-0.39, 0.29) is 23.7 Å². The summed E-state index contributed by atoms with van der Waals surface area (Å²) in [5.41, 5.74) is 1.42. The molecule has 1 aliphatic heterocycles. The number of carbonyl (C=O) groups excluding carboxylic acids is 1.